The highest BCUT2D eigenvalue weighted by Gasteiger charge is 2.33. The molecule has 25 heavy (non-hydrogen) atoms. The lowest BCUT2D eigenvalue weighted by atomic mass is 9.86. The first-order chi connectivity index (χ1) is 12.1. The minimum absolute atomic E-state index is 0.0215. The molecular weight excluding hydrogens is 320 g/mol. The van der Waals surface area contributed by atoms with Gasteiger partial charge in [0.15, 0.2) is 0 Å². The maximum atomic E-state index is 12.6. The summed E-state index contributed by atoms with van der Waals surface area (Å²) in [5.74, 6) is 0.660. The second-order valence-corrected chi connectivity index (χ2v) is 6.94. The molecule has 2 fully saturated rings. The topological polar surface area (TPSA) is 70.1 Å². The van der Waals surface area contributed by atoms with Crippen molar-refractivity contribution in [1.82, 2.24) is 9.80 Å². The molecule has 2 aliphatic rings. The van der Waals surface area contributed by atoms with Crippen LogP contribution >= 0.6 is 0 Å². The Morgan fingerprint density at radius 3 is 2.64 bits per heavy atom. The van der Waals surface area contributed by atoms with Gasteiger partial charge in [0.1, 0.15) is 5.75 Å². The zero-order chi connectivity index (χ0) is 17.8. The van der Waals surface area contributed by atoms with Crippen LogP contribution < -0.4 is 4.74 Å². The molecule has 1 aliphatic heterocycles. The average Bonchev–Trinajstić information content (AvgIpc) is 2.63. The molecule has 0 unspecified atom stereocenters. The van der Waals surface area contributed by atoms with Crippen LogP contribution in [0.25, 0.3) is 0 Å². The predicted molar refractivity (Wildman–Crippen MR) is 93.0 cm³/mol. The zero-order valence-corrected chi connectivity index (χ0v) is 14.7. The van der Waals surface area contributed by atoms with E-state index in [1.807, 2.05) is 24.3 Å². The molecule has 136 valence electrons. The molecule has 0 aromatic heterocycles. The van der Waals surface area contributed by atoms with Gasteiger partial charge in [-0.2, -0.15) is 0 Å². The minimum Gasteiger partial charge on any atom is -0.497 e. The van der Waals surface area contributed by atoms with Gasteiger partial charge >= 0.3 is 0 Å². The number of piperazine rings is 1. The molecular formula is C19H26N2O4. The summed E-state index contributed by atoms with van der Waals surface area (Å²) in [5, 5.41) is 9.77. The van der Waals surface area contributed by atoms with E-state index in [0.29, 0.717) is 26.1 Å². The smallest absolute Gasteiger partial charge is 0.242 e. The molecule has 3 rings (SSSR count). The number of amides is 2. The molecule has 6 heteroatoms. The maximum Gasteiger partial charge on any atom is 0.242 e. The van der Waals surface area contributed by atoms with Crippen LogP contribution in [0, 0.1) is 5.92 Å². The molecule has 0 radical (unpaired) electrons. The molecule has 1 saturated heterocycles. The van der Waals surface area contributed by atoms with Crippen molar-refractivity contribution in [2.24, 2.45) is 5.92 Å². The van der Waals surface area contributed by atoms with E-state index in [1.165, 1.54) is 0 Å². The summed E-state index contributed by atoms with van der Waals surface area (Å²) in [6, 6.07) is 7.67. The standard InChI is InChI=1S/C19H26N2O4/c1-25-17-7-5-14(6-8-17)12-20-9-10-21(13-18(20)23)19(24)15-3-2-4-16(22)11-15/h5-8,15-16,22H,2-4,9-13H2,1H3/t15-,16-/m0/s1. The number of carbonyl (C=O) groups excluding carboxylic acids is 2. The predicted octanol–water partition coefficient (Wildman–Crippen LogP) is 1.42. The fraction of sp³-hybridized carbons (Fsp3) is 0.579. The largest absolute Gasteiger partial charge is 0.497 e. The van der Waals surface area contributed by atoms with Gasteiger partial charge < -0.3 is 19.6 Å². The molecule has 1 saturated carbocycles. The van der Waals surface area contributed by atoms with Gasteiger partial charge in [0.05, 0.1) is 19.8 Å². The quantitative estimate of drug-likeness (QED) is 0.895. The number of rotatable bonds is 4. The Bertz CT molecular complexity index is 616. The maximum absolute atomic E-state index is 12.6. The highest BCUT2D eigenvalue weighted by atomic mass is 16.5. The number of benzene rings is 1. The molecule has 1 heterocycles. The third kappa shape index (κ3) is 4.31. The van der Waals surface area contributed by atoms with Gasteiger partial charge in [-0.05, 0) is 37.0 Å². The van der Waals surface area contributed by atoms with E-state index in [1.54, 1.807) is 16.9 Å². The van der Waals surface area contributed by atoms with Crippen molar-refractivity contribution in [2.75, 3.05) is 26.7 Å². The van der Waals surface area contributed by atoms with E-state index < -0.39 is 0 Å². The van der Waals surface area contributed by atoms with E-state index in [4.69, 9.17) is 4.74 Å². The summed E-state index contributed by atoms with van der Waals surface area (Å²) < 4.78 is 5.14. The lowest BCUT2D eigenvalue weighted by molar-refractivity contribution is -0.149. The normalized spacial score (nSPS) is 24.3. The van der Waals surface area contributed by atoms with Crippen LogP contribution in [0.1, 0.15) is 31.2 Å². The monoisotopic (exact) mass is 346 g/mol. The van der Waals surface area contributed by atoms with Gasteiger partial charge in [-0.15, -0.1) is 0 Å². The van der Waals surface area contributed by atoms with Crippen LogP contribution in [-0.2, 0) is 16.1 Å². The Hall–Kier alpha value is -2.08. The number of methoxy groups -OCH3 is 1. The van der Waals surface area contributed by atoms with E-state index in [2.05, 4.69) is 0 Å². The number of aliphatic hydroxyl groups excluding tert-OH is 1. The number of nitrogens with zero attached hydrogens (tertiary/aromatic N) is 2. The molecule has 1 aromatic carbocycles. The van der Waals surface area contributed by atoms with Crippen LogP contribution in [0.2, 0.25) is 0 Å². The van der Waals surface area contributed by atoms with Crippen molar-refractivity contribution in [3.05, 3.63) is 29.8 Å². The van der Waals surface area contributed by atoms with Crippen molar-refractivity contribution < 1.29 is 19.4 Å². The van der Waals surface area contributed by atoms with Crippen LogP contribution in [0.3, 0.4) is 0 Å². The Labute approximate surface area is 148 Å². The molecule has 0 bridgehead atoms. The SMILES string of the molecule is COc1ccc(CN2CCN(C(=O)[C@H]3CCC[C@H](O)C3)CC2=O)cc1. The minimum atomic E-state index is -0.380. The van der Waals surface area contributed by atoms with Crippen molar-refractivity contribution in [3.8, 4) is 5.75 Å². The summed E-state index contributed by atoms with van der Waals surface area (Å²) in [4.78, 5) is 28.5. The highest BCUT2D eigenvalue weighted by molar-refractivity contribution is 5.87. The third-order valence-corrected chi connectivity index (χ3v) is 5.16. The van der Waals surface area contributed by atoms with Crippen molar-refractivity contribution in [3.63, 3.8) is 0 Å². The lowest BCUT2D eigenvalue weighted by Crippen LogP contribution is -2.53. The van der Waals surface area contributed by atoms with Crippen LogP contribution in [-0.4, -0.2) is 59.6 Å². The van der Waals surface area contributed by atoms with E-state index in [9.17, 15) is 14.7 Å². The van der Waals surface area contributed by atoms with E-state index >= 15 is 0 Å². The Morgan fingerprint density at radius 1 is 1.24 bits per heavy atom. The second kappa shape index (κ2) is 7.87. The first-order valence-corrected chi connectivity index (χ1v) is 8.94. The molecule has 2 atom stereocenters. The van der Waals surface area contributed by atoms with Gasteiger partial charge in [0.25, 0.3) is 0 Å². The fourth-order valence-corrected chi connectivity index (χ4v) is 3.66. The molecule has 1 aliphatic carbocycles. The van der Waals surface area contributed by atoms with Gasteiger partial charge in [0.2, 0.25) is 11.8 Å². The summed E-state index contributed by atoms with van der Waals surface area (Å²) >= 11 is 0. The Kier molecular flexibility index (Phi) is 5.58. The third-order valence-electron chi connectivity index (χ3n) is 5.16. The summed E-state index contributed by atoms with van der Waals surface area (Å²) in [6.07, 6.45) is 2.62. The van der Waals surface area contributed by atoms with Gasteiger partial charge in [-0.3, -0.25) is 9.59 Å². The number of hydrogen-bond acceptors (Lipinski definition) is 4. The molecule has 0 spiro atoms. The first kappa shape index (κ1) is 17.7. The average molecular weight is 346 g/mol. The number of ether oxygens (including phenoxy) is 1. The van der Waals surface area contributed by atoms with Crippen molar-refractivity contribution in [1.29, 1.82) is 0 Å². The fourth-order valence-electron chi connectivity index (χ4n) is 3.66. The highest BCUT2D eigenvalue weighted by Crippen LogP contribution is 2.26. The number of hydrogen-bond donors (Lipinski definition) is 1. The number of carbonyl (C=O) groups is 2. The zero-order valence-electron chi connectivity index (χ0n) is 14.7. The van der Waals surface area contributed by atoms with Gasteiger partial charge in [-0.1, -0.05) is 18.6 Å². The molecule has 1 N–H and O–H groups in total. The molecule has 2 amide bonds. The summed E-state index contributed by atoms with van der Waals surface area (Å²) in [5.41, 5.74) is 1.05. The second-order valence-electron chi connectivity index (χ2n) is 6.94. The first-order valence-electron chi connectivity index (χ1n) is 8.94. The summed E-state index contributed by atoms with van der Waals surface area (Å²) in [7, 11) is 1.63. The van der Waals surface area contributed by atoms with Crippen LogP contribution in [0.4, 0.5) is 0 Å². The van der Waals surface area contributed by atoms with Crippen molar-refractivity contribution >= 4 is 11.8 Å². The molecule has 1 aromatic rings. The lowest BCUT2D eigenvalue weighted by Gasteiger charge is -2.37. The van der Waals surface area contributed by atoms with Gasteiger partial charge in [0, 0.05) is 25.6 Å². The summed E-state index contributed by atoms with van der Waals surface area (Å²) in [6.45, 7) is 1.80. The van der Waals surface area contributed by atoms with Crippen LogP contribution in [0.5, 0.6) is 5.75 Å². The van der Waals surface area contributed by atoms with Gasteiger partial charge in [-0.25, -0.2) is 0 Å². The van der Waals surface area contributed by atoms with Crippen LogP contribution in [0.15, 0.2) is 24.3 Å². The van der Waals surface area contributed by atoms with E-state index in [0.717, 1.165) is 30.6 Å². The van der Waals surface area contributed by atoms with Crippen molar-refractivity contribution in [2.45, 2.75) is 38.3 Å². The number of aliphatic hydroxyl groups is 1. The Balaban J connectivity index is 1.54. The van der Waals surface area contributed by atoms with E-state index in [-0.39, 0.29) is 30.4 Å². The Morgan fingerprint density at radius 2 is 2.00 bits per heavy atom. The molecule has 6 nitrogen and oxygen atoms in total.